The summed E-state index contributed by atoms with van der Waals surface area (Å²) in [7, 11) is 0. The van der Waals surface area contributed by atoms with Gasteiger partial charge < -0.3 is 20.5 Å². The molecule has 0 spiro atoms. The van der Waals surface area contributed by atoms with Crippen LogP contribution in [0, 0.1) is 0 Å². The fraction of sp³-hybridized carbons (Fsp3) is 0.611. The Kier molecular flexibility index (Phi) is 7.56. The van der Waals surface area contributed by atoms with E-state index >= 15 is 0 Å². The summed E-state index contributed by atoms with van der Waals surface area (Å²) in [5.74, 6) is 0.882. The summed E-state index contributed by atoms with van der Waals surface area (Å²) in [6.45, 7) is 1.82. The van der Waals surface area contributed by atoms with Gasteiger partial charge in [-0.1, -0.05) is 12.1 Å². The first-order valence-electron chi connectivity index (χ1n) is 8.87. The quantitative estimate of drug-likeness (QED) is 0.530. The Bertz CT molecular complexity index is 568. The number of aliphatic hydroxyl groups is 1. The second-order valence-corrected chi connectivity index (χ2v) is 6.39. The van der Waals surface area contributed by atoms with Gasteiger partial charge in [0.2, 0.25) is 0 Å². The number of aliphatic imine (C=N–C) groups is 1. The maximum atomic E-state index is 12.1. The molecule has 0 aliphatic heterocycles. The molecule has 0 radical (unpaired) electrons. The molecule has 0 bridgehead atoms. The fourth-order valence-corrected chi connectivity index (χ4v) is 2.76. The minimum atomic E-state index is -4.34. The number of guanidine groups is 1. The number of rotatable bonds is 6. The van der Waals surface area contributed by atoms with E-state index in [0.717, 1.165) is 37.8 Å². The first-order valence-corrected chi connectivity index (χ1v) is 8.87. The maximum absolute atomic E-state index is 12.1. The van der Waals surface area contributed by atoms with Crippen LogP contribution in [-0.4, -0.2) is 42.5 Å². The summed E-state index contributed by atoms with van der Waals surface area (Å²) >= 11 is 0. The van der Waals surface area contributed by atoms with Crippen molar-refractivity contribution in [2.45, 2.75) is 57.5 Å². The van der Waals surface area contributed by atoms with Gasteiger partial charge in [0.25, 0.3) is 0 Å². The molecule has 1 aromatic carbocycles. The second-order valence-electron chi connectivity index (χ2n) is 6.39. The largest absolute Gasteiger partial charge is 0.484 e. The van der Waals surface area contributed by atoms with E-state index in [1.807, 2.05) is 6.92 Å². The Morgan fingerprint density at radius 3 is 2.42 bits per heavy atom. The molecule has 0 amide bonds. The number of nitrogens with one attached hydrogen (secondary N) is 2. The van der Waals surface area contributed by atoms with Gasteiger partial charge in [-0.25, -0.2) is 4.99 Å². The number of hydrogen-bond acceptors (Lipinski definition) is 3. The molecule has 5 nitrogen and oxygen atoms in total. The third-order valence-electron chi connectivity index (χ3n) is 4.13. The van der Waals surface area contributed by atoms with Crippen molar-refractivity contribution in [3.8, 4) is 5.75 Å². The summed E-state index contributed by atoms with van der Waals surface area (Å²) in [6.07, 6.45) is -1.17. The van der Waals surface area contributed by atoms with Crippen LogP contribution in [0.4, 0.5) is 13.2 Å². The van der Waals surface area contributed by atoms with Crippen LogP contribution in [0.2, 0.25) is 0 Å². The summed E-state index contributed by atoms with van der Waals surface area (Å²) in [6, 6.07) is 6.72. The highest BCUT2D eigenvalue weighted by atomic mass is 19.4. The Morgan fingerprint density at radius 1 is 1.19 bits per heavy atom. The van der Waals surface area contributed by atoms with Crippen molar-refractivity contribution < 1.29 is 23.0 Å². The Hall–Kier alpha value is -1.96. The van der Waals surface area contributed by atoms with E-state index in [1.165, 1.54) is 12.1 Å². The average molecular weight is 373 g/mol. The average Bonchev–Trinajstić information content (AvgIpc) is 2.60. The normalized spacial score (nSPS) is 21.3. The Morgan fingerprint density at radius 2 is 1.85 bits per heavy atom. The predicted molar refractivity (Wildman–Crippen MR) is 94.2 cm³/mol. The van der Waals surface area contributed by atoms with E-state index in [2.05, 4.69) is 15.6 Å². The van der Waals surface area contributed by atoms with Gasteiger partial charge in [-0.05, 0) is 50.3 Å². The lowest BCUT2D eigenvalue weighted by atomic mass is 9.93. The molecule has 1 aliphatic carbocycles. The van der Waals surface area contributed by atoms with E-state index in [4.69, 9.17) is 4.74 Å². The third-order valence-corrected chi connectivity index (χ3v) is 4.13. The van der Waals surface area contributed by atoms with Gasteiger partial charge in [0.1, 0.15) is 5.75 Å². The van der Waals surface area contributed by atoms with Gasteiger partial charge >= 0.3 is 6.18 Å². The molecule has 0 aromatic heterocycles. The molecule has 0 saturated heterocycles. The molecule has 1 aliphatic rings. The number of nitrogens with zero attached hydrogens (tertiary/aromatic N) is 1. The van der Waals surface area contributed by atoms with E-state index in [9.17, 15) is 18.3 Å². The van der Waals surface area contributed by atoms with Crippen LogP contribution in [0.5, 0.6) is 5.75 Å². The lowest BCUT2D eigenvalue weighted by molar-refractivity contribution is -0.153. The number of halogens is 3. The van der Waals surface area contributed by atoms with Crippen LogP contribution < -0.4 is 15.4 Å². The zero-order chi connectivity index (χ0) is 19.0. The number of alkyl halides is 3. The first kappa shape index (κ1) is 20.4. The van der Waals surface area contributed by atoms with Gasteiger partial charge in [0, 0.05) is 12.6 Å². The molecule has 0 heterocycles. The monoisotopic (exact) mass is 373 g/mol. The van der Waals surface area contributed by atoms with Crippen molar-refractivity contribution in [3.63, 3.8) is 0 Å². The summed E-state index contributed by atoms with van der Waals surface area (Å²) < 4.78 is 41.1. The molecule has 0 unspecified atom stereocenters. The van der Waals surface area contributed by atoms with Gasteiger partial charge in [-0.2, -0.15) is 13.2 Å². The van der Waals surface area contributed by atoms with E-state index in [-0.39, 0.29) is 17.9 Å². The zero-order valence-electron chi connectivity index (χ0n) is 14.9. The van der Waals surface area contributed by atoms with E-state index in [0.29, 0.717) is 12.5 Å². The van der Waals surface area contributed by atoms with E-state index in [1.54, 1.807) is 12.1 Å². The summed E-state index contributed by atoms with van der Waals surface area (Å²) in [5, 5.41) is 16.1. The fourth-order valence-electron chi connectivity index (χ4n) is 2.76. The molecule has 26 heavy (non-hydrogen) atoms. The van der Waals surface area contributed by atoms with Crippen LogP contribution in [0.25, 0.3) is 0 Å². The maximum Gasteiger partial charge on any atom is 0.422 e. The minimum absolute atomic E-state index is 0.181. The van der Waals surface area contributed by atoms with Crippen molar-refractivity contribution in [1.82, 2.24) is 10.6 Å². The van der Waals surface area contributed by atoms with Gasteiger partial charge in [0.15, 0.2) is 12.6 Å². The molecule has 2 rings (SSSR count). The highest BCUT2D eigenvalue weighted by Gasteiger charge is 2.28. The summed E-state index contributed by atoms with van der Waals surface area (Å²) in [4.78, 5) is 4.52. The van der Waals surface area contributed by atoms with Crippen LogP contribution in [0.3, 0.4) is 0 Å². The molecular formula is C18H26F3N3O2. The molecular weight excluding hydrogens is 347 g/mol. The number of hydrogen-bond donors (Lipinski definition) is 3. The van der Waals surface area contributed by atoms with Crippen LogP contribution in [0.15, 0.2) is 29.3 Å². The molecule has 1 fully saturated rings. The van der Waals surface area contributed by atoms with Crippen LogP contribution in [-0.2, 0) is 6.54 Å². The van der Waals surface area contributed by atoms with Crippen molar-refractivity contribution in [2.75, 3.05) is 13.2 Å². The number of ether oxygens (including phenoxy) is 1. The first-order chi connectivity index (χ1) is 12.4. The predicted octanol–water partition coefficient (Wildman–Crippen LogP) is 2.99. The van der Waals surface area contributed by atoms with Crippen LogP contribution in [0.1, 0.15) is 38.2 Å². The number of aliphatic hydroxyl groups excluding tert-OH is 1. The van der Waals surface area contributed by atoms with Gasteiger partial charge in [-0.3, -0.25) is 0 Å². The SMILES string of the molecule is CCNC(=NCc1ccc(OCC(F)(F)F)cc1)NC1CCC(O)CC1. The molecule has 1 saturated carbocycles. The van der Waals surface area contributed by atoms with Crippen molar-refractivity contribution >= 4 is 5.96 Å². The molecule has 3 N–H and O–H groups in total. The second kappa shape index (κ2) is 9.66. The molecule has 146 valence electrons. The lowest BCUT2D eigenvalue weighted by Crippen LogP contribution is -2.45. The lowest BCUT2D eigenvalue weighted by Gasteiger charge is -2.27. The van der Waals surface area contributed by atoms with Crippen molar-refractivity contribution in [2.24, 2.45) is 4.99 Å². The highest BCUT2D eigenvalue weighted by Crippen LogP contribution is 2.20. The van der Waals surface area contributed by atoms with Crippen LogP contribution >= 0.6 is 0 Å². The summed E-state index contributed by atoms with van der Waals surface area (Å²) in [5.41, 5.74) is 0.876. The Balaban J connectivity index is 1.87. The molecule has 8 heteroatoms. The number of benzene rings is 1. The zero-order valence-corrected chi connectivity index (χ0v) is 14.9. The van der Waals surface area contributed by atoms with Crippen molar-refractivity contribution in [1.29, 1.82) is 0 Å². The van der Waals surface area contributed by atoms with E-state index < -0.39 is 12.8 Å². The molecule has 0 atom stereocenters. The smallest absolute Gasteiger partial charge is 0.422 e. The Labute approximate surface area is 151 Å². The van der Waals surface area contributed by atoms with Gasteiger partial charge in [0.05, 0.1) is 12.6 Å². The van der Waals surface area contributed by atoms with Gasteiger partial charge in [-0.15, -0.1) is 0 Å². The molecule has 1 aromatic rings. The standard InChI is InChI=1S/C18H26F3N3O2/c1-2-22-17(24-14-5-7-15(25)8-6-14)23-11-13-3-9-16(10-4-13)26-12-18(19,20)21/h3-4,9-10,14-15,25H,2,5-8,11-12H2,1H3,(H2,22,23,24). The topological polar surface area (TPSA) is 65.9 Å². The minimum Gasteiger partial charge on any atom is -0.484 e. The van der Waals surface area contributed by atoms with Crippen molar-refractivity contribution in [3.05, 3.63) is 29.8 Å². The highest BCUT2D eigenvalue weighted by molar-refractivity contribution is 5.80. The third kappa shape index (κ3) is 7.51.